The number of aromatic nitrogens is 1. The normalized spacial score (nSPS) is 13.8. The maximum atomic E-state index is 8.80. The first kappa shape index (κ1) is 13.1. The average molecular weight is 328 g/mol. The molecule has 20 heavy (non-hydrogen) atoms. The van der Waals surface area contributed by atoms with Gasteiger partial charge in [0.1, 0.15) is 11.8 Å². The second-order valence-corrected chi connectivity index (χ2v) is 5.92. The Balaban J connectivity index is 1.90. The maximum Gasteiger partial charge on any atom is 0.140 e. The molecule has 0 bridgehead atoms. The van der Waals surface area contributed by atoms with E-state index in [-0.39, 0.29) is 0 Å². The van der Waals surface area contributed by atoms with Crippen molar-refractivity contribution < 1.29 is 0 Å². The molecule has 0 N–H and O–H groups in total. The van der Waals surface area contributed by atoms with E-state index >= 15 is 0 Å². The second kappa shape index (κ2) is 5.26. The van der Waals surface area contributed by atoms with Gasteiger partial charge in [0.05, 0.1) is 11.9 Å². The van der Waals surface area contributed by atoms with Crippen LogP contribution in [-0.2, 0) is 13.0 Å². The molecule has 1 aromatic heterocycles. The van der Waals surface area contributed by atoms with Crippen LogP contribution in [0.25, 0.3) is 0 Å². The minimum absolute atomic E-state index is 0.463. The number of hydrogen-bond donors (Lipinski definition) is 0. The van der Waals surface area contributed by atoms with Gasteiger partial charge in [-0.15, -0.1) is 0 Å². The number of pyridine rings is 1. The highest BCUT2D eigenvalue weighted by Gasteiger charge is 2.19. The maximum absolute atomic E-state index is 8.80. The monoisotopic (exact) mass is 327 g/mol. The van der Waals surface area contributed by atoms with Crippen LogP contribution in [0.2, 0.25) is 0 Å². The molecule has 1 aliphatic rings. The number of nitriles is 1. The van der Waals surface area contributed by atoms with Gasteiger partial charge in [0.25, 0.3) is 0 Å². The van der Waals surface area contributed by atoms with Gasteiger partial charge in [0.15, 0.2) is 0 Å². The number of aryl methyl sites for hydroxylation is 1. The lowest BCUT2D eigenvalue weighted by Gasteiger charge is -2.31. The molecule has 3 rings (SSSR count). The van der Waals surface area contributed by atoms with E-state index in [9.17, 15) is 0 Å². The number of fused-ring (bicyclic) bond motifs is 1. The summed E-state index contributed by atoms with van der Waals surface area (Å²) in [6.45, 7) is 3.98. The topological polar surface area (TPSA) is 39.9 Å². The van der Waals surface area contributed by atoms with Crippen LogP contribution >= 0.6 is 15.9 Å². The summed E-state index contributed by atoms with van der Waals surface area (Å²) in [6.07, 6.45) is 2.81. The molecule has 2 heterocycles. The molecule has 0 saturated heterocycles. The van der Waals surface area contributed by atoms with E-state index in [2.05, 4.69) is 50.9 Å². The number of anilines is 1. The fraction of sp³-hybridized carbons (Fsp3) is 0.250. The van der Waals surface area contributed by atoms with Gasteiger partial charge in [-0.25, -0.2) is 4.98 Å². The number of rotatable bonds is 1. The van der Waals surface area contributed by atoms with Gasteiger partial charge in [-0.05, 0) is 48.2 Å². The van der Waals surface area contributed by atoms with Crippen molar-refractivity contribution in [1.29, 1.82) is 5.26 Å². The molecule has 1 aromatic carbocycles. The Bertz CT molecular complexity index is 686. The molecular weight excluding hydrogens is 314 g/mol. The molecule has 1 aliphatic heterocycles. The van der Waals surface area contributed by atoms with Crippen LogP contribution in [0.4, 0.5) is 5.69 Å². The fourth-order valence-corrected chi connectivity index (χ4v) is 3.47. The van der Waals surface area contributed by atoms with Crippen molar-refractivity contribution >= 4 is 21.6 Å². The zero-order valence-corrected chi connectivity index (χ0v) is 12.8. The van der Waals surface area contributed by atoms with Gasteiger partial charge < -0.3 is 4.90 Å². The number of nitrogens with zero attached hydrogens (tertiary/aromatic N) is 3. The van der Waals surface area contributed by atoms with Crippen molar-refractivity contribution in [3.8, 4) is 6.07 Å². The summed E-state index contributed by atoms with van der Waals surface area (Å²) in [5.41, 5.74) is 5.59. The number of hydrogen-bond acceptors (Lipinski definition) is 3. The molecule has 3 nitrogen and oxygen atoms in total. The standard InChI is InChI=1S/C16H14BrN3/c1-11-6-12-10-20(5-4-15(12)16(17)7-11)14-3-2-13(8-18)19-9-14/h2-3,6-7,9H,4-5,10H2,1H3. The molecule has 0 unspecified atom stereocenters. The Morgan fingerprint density at radius 1 is 1.35 bits per heavy atom. The molecule has 0 saturated carbocycles. The van der Waals surface area contributed by atoms with Crippen LogP contribution in [0.1, 0.15) is 22.4 Å². The summed E-state index contributed by atoms with van der Waals surface area (Å²) in [5, 5.41) is 8.80. The van der Waals surface area contributed by atoms with Gasteiger partial charge in [-0.2, -0.15) is 5.26 Å². The summed E-state index contributed by atoms with van der Waals surface area (Å²) in [6, 6.07) is 10.2. The Labute approximate surface area is 127 Å². The Kier molecular flexibility index (Phi) is 3.45. The minimum Gasteiger partial charge on any atom is -0.366 e. The van der Waals surface area contributed by atoms with E-state index in [0.29, 0.717) is 5.69 Å². The third kappa shape index (κ3) is 2.41. The van der Waals surface area contributed by atoms with Gasteiger partial charge in [-0.3, -0.25) is 0 Å². The lowest BCUT2D eigenvalue weighted by Crippen LogP contribution is -2.30. The number of benzene rings is 1. The van der Waals surface area contributed by atoms with Crippen LogP contribution < -0.4 is 4.90 Å². The molecule has 0 fully saturated rings. The smallest absolute Gasteiger partial charge is 0.140 e. The van der Waals surface area contributed by atoms with Gasteiger partial charge >= 0.3 is 0 Å². The SMILES string of the molecule is Cc1cc(Br)c2c(c1)CN(c1ccc(C#N)nc1)CC2. The van der Waals surface area contributed by atoms with Crippen molar-refractivity contribution in [1.82, 2.24) is 4.98 Å². The average Bonchev–Trinajstić information content (AvgIpc) is 2.46. The first-order valence-corrected chi connectivity index (χ1v) is 7.35. The summed E-state index contributed by atoms with van der Waals surface area (Å²) in [4.78, 5) is 6.46. The highest BCUT2D eigenvalue weighted by Crippen LogP contribution is 2.30. The van der Waals surface area contributed by atoms with Crippen molar-refractivity contribution in [3.63, 3.8) is 0 Å². The van der Waals surface area contributed by atoms with Crippen LogP contribution in [0, 0.1) is 18.3 Å². The first-order valence-electron chi connectivity index (χ1n) is 6.56. The van der Waals surface area contributed by atoms with E-state index in [0.717, 1.165) is 25.2 Å². The van der Waals surface area contributed by atoms with E-state index in [1.807, 2.05) is 6.07 Å². The Morgan fingerprint density at radius 3 is 2.90 bits per heavy atom. The van der Waals surface area contributed by atoms with E-state index < -0.39 is 0 Å². The van der Waals surface area contributed by atoms with Gasteiger partial charge in [0.2, 0.25) is 0 Å². The zero-order chi connectivity index (χ0) is 14.1. The highest BCUT2D eigenvalue weighted by atomic mass is 79.9. The molecule has 0 spiro atoms. The molecule has 0 amide bonds. The predicted octanol–water partition coefficient (Wildman–Crippen LogP) is 3.59. The molecule has 4 heteroatoms. The van der Waals surface area contributed by atoms with E-state index in [1.54, 1.807) is 12.3 Å². The van der Waals surface area contributed by atoms with Crippen molar-refractivity contribution in [3.05, 3.63) is 57.3 Å². The van der Waals surface area contributed by atoms with E-state index in [4.69, 9.17) is 5.26 Å². The molecule has 100 valence electrons. The van der Waals surface area contributed by atoms with Crippen LogP contribution in [-0.4, -0.2) is 11.5 Å². The summed E-state index contributed by atoms with van der Waals surface area (Å²) in [7, 11) is 0. The third-order valence-electron chi connectivity index (χ3n) is 3.65. The largest absolute Gasteiger partial charge is 0.366 e. The Morgan fingerprint density at radius 2 is 2.20 bits per heavy atom. The lowest BCUT2D eigenvalue weighted by atomic mass is 9.97. The van der Waals surface area contributed by atoms with Crippen molar-refractivity contribution in [2.75, 3.05) is 11.4 Å². The van der Waals surface area contributed by atoms with Crippen LogP contribution in [0.15, 0.2) is 34.9 Å². The minimum atomic E-state index is 0.463. The lowest BCUT2D eigenvalue weighted by molar-refractivity contribution is 0.726. The molecule has 2 aromatic rings. The van der Waals surface area contributed by atoms with Crippen molar-refractivity contribution in [2.45, 2.75) is 19.9 Å². The quantitative estimate of drug-likeness (QED) is 0.803. The molecular formula is C16H14BrN3. The first-order chi connectivity index (χ1) is 9.67. The molecule has 0 radical (unpaired) electrons. The summed E-state index contributed by atoms with van der Waals surface area (Å²) < 4.78 is 1.21. The summed E-state index contributed by atoms with van der Waals surface area (Å²) in [5.74, 6) is 0. The third-order valence-corrected chi connectivity index (χ3v) is 4.36. The van der Waals surface area contributed by atoms with Gasteiger partial charge in [-0.1, -0.05) is 22.0 Å². The van der Waals surface area contributed by atoms with Crippen molar-refractivity contribution in [2.24, 2.45) is 0 Å². The molecule has 0 aliphatic carbocycles. The Hall–Kier alpha value is -1.86. The van der Waals surface area contributed by atoms with Crippen LogP contribution in [0.3, 0.4) is 0 Å². The van der Waals surface area contributed by atoms with Gasteiger partial charge in [0, 0.05) is 17.6 Å². The second-order valence-electron chi connectivity index (χ2n) is 5.07. The summed E-state index contributed by atoms with van der Waals surface area (Å²) >= 11 is 3.66. The predicted molar refractivity (Wildman–Crippen MR) is 82.6 cm³/mol. The molecule has 0 atom stereocenters. The highest BCUT2D eigenvalue weighted by molar-refractivity contribution is 9.10. The van der Waals surface area contributed by atoms with E-state index in [1.165, 1.54) is 21.2 Å². The zero-order valence-electron chi connectivity index (χ0n) is 11.2. The van der Waals surface area contributed by atoms with Crippen LogP contribution in [0.5, 0.6) is 0 Å². The fourth-order valence-electron chi connectivity index (χ4n) is 2.66. The number of halogens is 1.